The fourth-order valence-electron chi connectivity index (χ4n) is 3.24. The molecule has 3 heterocycles. The largest absolute Gasteiger partial charge is 0.467 e. The van der Waals surface area contributed by atoms with E-state index < -0.39 is 6.04 Å². The van der Waals surface area contributed by atoms with Crippen molar-refractivity contribution in [1.29, 1.82) is 0 Å². The van der Waals surface area contributed by atoms with Gasteiger partial charge < -0.3 is 19.1 Å². The number of nitrogens with zero attached hydrogens (tertiary/aromatic N) is 2. The number of carbonyl (C=O) groups excluding carboxylic acids is 2. The second-order valence-corrected chi connectivity index (χ2v) is 6.75. The predicted octanol–water partition coefficient (Wildman–Crippen LogP) is 1.92. The Kier molecular flexibility index (Phi) is 6.56. The molecule has 0 bridgehead atoms. The van der Waals surface area contributed by atoms with Gasteiger partial charge >= 0.3 is 0 Å². The Balaban J connectivity index is 1.70. The second-order valence-electron chi connectivity index (χ2n) is 6.75. The Morgan fingerprint density at radius 2 is 2.21 bits per heavy atom. The van der Waals surface area contributed by atoms with Gasteiger partial charge in [-0.05, 0) is 38.1 Å². The summed E-state index contributed by atoms with van der Waals surface area (Å²) in [5.74, 6) is 7.76. The first-order chi connectivity index (χ1) is 13.6. The first-order valence-corrected chi connectivity index (χ1v) is 9.33. The number of amides is 2. The van der Waals surface area contributed by atoms with Crippen LogP contribution in [0.2, 0.25) is 0 Å². The highest BCUT2D eigenvalue weighted by molar-refractivity contribution is 5.89. The highest BCUT2D eigenvalue weighted by atomic mass is 16.3. The highest BCUT2D eigenvalue weighted by Crippen LogP contribution is 2.17. The first-order valence-electron chi connectivity index (χ1n) is 9.33. The third-order valence-corrected chi connectivity index (χ3v) is 4.69. The third kappa shape index (κ3) is 5.05. The lowest BCUT2D eigenvalue weighted by Crippen LogP contribution is -2.56. The summed E-state index contributed by atoms with van der Waals surface area (Å²) in [6.07, 6.45) is 1.66. The Labute approximate surface area is 164 Å². The average Bonchev–Trinajstić information content (AvgIpc) is 3.33. The molecule has 1 atom stereocenters. The van der Waals surface area contributed by atoms with E-state index in [1.165, 1.54) is 0 Å². The van der Waals surface area contributed by atoms with E-state index >= 15 is 0 Å². The number of hydrogen-bond acceptors (Lipinski definition) is 5. The van der Waals surface area contributed by atoms with Gasteiger partial charge in [0.15, 0.2) is 0 Å². The molecule has 1 unspecified atom stereocenters. The van der Waals surface area contributed by atoms with Crippen LogP contribution in [0, 0.1) is 18.8 Å². The number of carbonyl (C=O) groups is 2. The molecule has 1 N–H and O–H groups in total. The number of piperazine rings is 1. The molecule has 0 aromatic carbocycles. The Morgan fingerprint density at radius 3 is 2.89 bits per heavy atom. The number of aryl methyl sites for hydroxylation is 1. The van der Waals surface area contributed by atoms with Gasteiger partial charge in [-0.15, -0.1) is 5.92 Å². The molecule has 0 saturated carbocycles. The smallest absolute Gasteiger partial charge is 0.237 e. The summed E-state index contributed by atoms with van der Waals surface area (Å²) in [4.78, 5) is 29.1. The maximum absolute atomic E-state index is 13.0. The normalized spacial score (nSPS) is 16.9. The molecule has 148 valence electrons. The molecule has 2 aromatic rings. The average molecular weight is 383 g/mol. The topological polar surface area (TPSA) is 78.9 Å². The van der Waals surface area contributed by atoms with Crippen LogP contribution in [-0.4, -0.2) is 47.3 Å². The summed E-state index contributed by atoms with van der Waals surface area (Å²) < 4.78 is 11.0. The monoisotopic (exact) mass is 383 g/mol. The first kappa shape index (κ1) is 19.8. The van der Waals surface area contributed by atoms with Crippen LogP contribution in [-0.2, 0) is 22.7 Å². The zero-order valence-corrected chi connectivity index (χ0v) is 16.2. The maximum Gasteiger partial charge on any atom is 0.237 e. The molecule has 2 amide bonds. The van der Waals surface area contributed by atoms with E-state index in [1.54, 1.807) is 24.2 Å². The molecule has 2 aromatic heterocycles. The summed E-state index contributed by atoms with van der Waals surface area (Å²) in [5, 5.41) is 2.86. The van der Waals surface area contributed by atoms with Crippen molar-refractivity contribution >= 4 is 11.8 Å². The standard InChI is InChI=1S/C21H25N3O4/c1-3-4-10-24(14-17-6-5-12-27-17)20(25)13-19-21(26)22-9-11-23(19)15-18-8-7-16(2)28-18/h5-8,12,19H,9-11,13-15H2,1-2H3,(H,22,26). The zero-order valence-electron chi connectivity index (χ0n) is 16.2. The molecular formula is C21H25N3O4. The van der Waals surface area contributed by atoms with Gasteiger partial charge in [-0.25, -0.2) is 0 Å². The molecule has 28 heavy (non-hydrogen) atoms. The van der Waals surface area contributed by atoms with E-state index in [4.69, 9.17) is 8.83 Å². The van der Waals surface area contributed by atoms with Gasteiger partial charge in [-0.1, -0.05) is 5.92 Å². The van der Waals surface area contributed by atoms with Crippen molar-refractivity contribution in [3.8, 4) is 11.8 Å². The number of furan rings is 2. The molecule has 1 aliphatic rings. The zero-order chi connectivity index (χ0) is 19.9. The van der Waals surface area contributed by atoms with Gasteiger partial charge in [-0.3, -0.25) is 14.5 Å². The van der Waals surface area contributed by atoms with Gasteiger partial charge in [-0.2, -0.15) is 0 Å². The Bertz CT molecular complexity index is 860. The van der Waals surface area contributed by atoms with Crippen LogP contribution in [0.5, 0.6) is 0 Å². The summed E-state index contributed by atoms with van der Waals surface area (Å²) in [6.45, 7) is 5.95. The van der Waals surface area contributed by atoms with Crippen molar-refractivity contribution in [3.05, 3.63) is 47.8 Å². The van der Waals surface area contributed by atoms with Gasteiger partial charge in [0.05, 0.1) is 38.4 Å². The maximum atomic E-state index is 13.0. The molecule has 1 saturated heterocycles. The molecular weight excluding hydrogens is 358 g/mol. The van der Waals surface area contributed by atoms with Crippen LogP contribution < -0.4 is 5.32 Å². The SMILES string of the molecule is CC#CCN(Cc1ccco1)C(=O)CC1C(=O)NCCN1Cc1ccc(C)o1. The minimum absolute atomic E-state index is 0.0810. The molecule has 7 nitrogen and oxygen atoms in total. The third-order valence-electron chi connectivity index (χ3n) is 4.69. The van der Waals surface area contributed by atoms with E-state index in [-0.39, 0.29) is 18.2 Å². The van der Waals surface area contributed by atoms with Gasteiger partial charge in [0.2, 0.25) is 11.8 Å². The molecule has 0 aliphatic carbocycles. The number of rotatable bonds is 7. The van der Waals surface area contributed by atoms with Crippen LogP contribution in [0.25, 0.3) is 0 Å². The van der Waals surface area contributed by atoms with Crippen LogP contribution in [0.3, 0.4) is 0 Å². The highest BCUT2D eigenvalue weighted by Gasteiger charge is 2.33. The van der Waals surface area contributed by atoms with Gasteiger partial charge in [0.1, 0.15) is 17.3 Å². The fourth-order valence-corrected chi connectivity index (χ4v) is 3.24. The predicted molar refractivity (Wildman–Crippen MR) is 103 cm³/mol. The molecule has 7 heteroatoms. The Hall–Kier alpha value is -2.98. The van der Waals surface area contributed by atoms with E-state index in [0.29, 0.717) is 38.5 Å². The summed E-state index contributed by atoms with van der Waals surface area (Å²) in [5.41, 5.74) is 0. The molecule has 0 radical (unpaired) electrons. The van der Waals surface area contributed by atoms with Crippen molar-refractivity contribution in [3.63, 3.8) is 0 Å². The van der Waals surface area contributed by atoms with Crippen molar-refractivity contribution in [2.75, 3.05) is 19.6 Å². The summed E-state index contributed by atoms with van der Waals surface area (Å²) >= 11 is 0. The fraction of sp³-hybridized carbons (Fsp3) is 0.429. The van der Waals surface area contributed by atoms with E-state index in [0.717, 1.165) is 11.5 Å². The minimum atomic E-state index is -0.541. The number of nitrogens with one attached hydrogen (secondary N) is 1. The van der Waals surface area contributed by atoms with Crippen LogP contribution in [0.4, 0.5) is 0 Å². The molecule has 3 rings (SSSR count). The van der Waals surface area contributed by atoms with E-state index in [9.17, 15) is 9.59 Å². The summed E-state index contributed by atoms with van der Waals surface area (Å²) in [6, 6.07) is 6.86. The number of hydrogen-bond donors (Lipinski definition) is 1. The summed E-state index contributed by atoms with van der Waals surface area (Å²) in [7, 11) is 0. The lowest BCUT2D eigenvalue weighted by molar-refractivity contribution is -0.139. The van der Waals surface area contributed by atoms with Crippen LogP contribution in [0.15, 0.2) is 39.4 Å². The van der Waals surface area contributed by atoms with Crippen molar-refractivity contribution in [2.24, 2.45) is 0 Å². The second kappa shape index (κ2) is 9.29. The molecule has 0 spiro atoms. The van der Waals surface area contributed by atoms with Crippen molar-refractivity contribution in [1.82, 2.24) is 15.1 Å². The van der Waals surface area contributed by atoms with Crippen LogP contribution >= 0.6 is 0 Å². The lowest BCUT2D eigenvalue weighted by atomic mass is 10.1. The lowest BCUT2D eigenvalue weighted by Gasteiger charge is -2.35. The van der Waals surface area contributed by atoms with E-state index in [2.05, 4.69) is 17.2 Å². The molecule has 1 aliphatic heterocycles. The molecule has 1 fully saturated rings. The van der Waals surface area contributed by atoms with E-state index in [1.807, 2.05) is 30.0 Å². The van der Waals surface area contributed by atoms with Gasteiger partial charge in [0.25, 0.3) is 0 Å². The van der Waals surface area contributed by atoms with Crippen LogP contribution in [0.1, 0.15) is 30.6 Å². The van der Waals surface area contributed by atoms with Crippen molar-refractivity contribution in [2.45, 2.75) is 39.4 Å². The quantitative estimate of drug-likeness (QED) is 0.739. The minimum Gasteiger partial charge on any atom is -0.467 e. The van der Waals surface area contributed by atoms with Gasteiger partial charge in [0, 0.05) is 13.1 Å². The Morgan fingerprint density at radius 1 is 1.36 bits per heavy atom. The van der Waals surface area contributed by atoms with Crippen molar-refractivity contribution < 1.29 is 18.4 Å².